The number of likely N-dealkylation sites (tertiary alicyclic amines) is 2. The summed E-state index contributed by atoms with van der Waals surface area (Å²) in [4.78, 5) is 18.0. The lowest BCUT2D eigenvalue weighted by Crippen LogP contribution is -2.66. The van der Waals surface area contributed by atoms with Gasteiger partial charge < -0.3 is 20.7 Å². The fourth-order valence-corrected chi connectivity index (χ4v) is 7.52. The van der Waals surface area contributed by atoms with E-state index in [9.17, 15) is 14.3 Å². The minimum absolute atomic E-state index is 0.00179. The Morgan fingerprint density at radius 2 is 1.86 bits per heavy atom. The second-order valence-electron chi connectivity index (χ2n) is 12.4. The number of carbonyl (C=O) groups excluding carboxylic acids is 1. The Kier molecular flexibility index (Phi) is 7.80. The Labute approximate surface area is 246 Å². The molecule has 226 valence electrons. The van der Waals surface area contributed by atoms with Crippen LogP contribution in [0.25, 0.3) is 11.1 Å². The van der Waals surface area contributed by atoms with Crippen molar-refractivity contribution >= 4 is 11.6 Å². The molecule has 6 unspecified atom stereocenters. The zero-order valence-electron chi connectivity index (χ0n) is 24.3. The van der Waals surface area contributed by atoms with E-state index >= 15 is 0 Å². The number of aryl methyl sites for hydroxylation is 1. The number of piperidine rings is 2. The van der Waals surface area contributed by atoms with Crippen LogP contribution in [0.4, 0.5) is 10.1 Å². The van der Waals surface area contributed by atoms with Crippen molar-refractivity contribution in [1.82, 2.24) is 36.5 Å². The summed E-state index contributed by atoms with van der Waals surface area (Å²) in [6.45, 7) is 7.21. The zero-order valence-corrected chi connectivity index (χ0v) is 24.3. The molecule has 0 radical (unpaired) electrons. The topological polar surface area (TPSA) is 116 Å². The van der Waals surface area contributed by atoms with Gasteiger partial charge in [0.05, 0.1) is 30.1 Å². The maximum atomic E-state index is 14.2. The molecule has 0 spiro atoms. The fraction of sp³-hybridized carbons (Fsp3) is 0.581. The highest BCUT2D eigenvalue weighted by Crippen LogP contribution is 2.37. The van der Waals surface area contributed by atoms with Crippen molar-refractivity contribution in [2.75, 3.05) is 44.7 Å². The van der Waals surface area contributed by atoms with Gasteiger partial charge in [-0.3, -0.25) is 25.6 Å². The Morgan fingerprint density at radius 1 is 1.02 bits per heavy atom. The van der Waals surface area contributed by atoms with Crippen LogP contribution in [0, 0.1) is 5.82 Å². The number of nitrogens with one attached hydrogen (secondary N) is 6. The number of anilines is 1. The fourth-order valence-electron chi connectivity index (χ4n) is 7.52. The first-order chi connectivity index (χ1) is 20.5. The first-order valence-corrected chi connectivity index (χ1v) is 15.7. The highest BCUT2D eigenvalue weighted by atomic mass is 19.1. The molecule has 10 nitrogen and oxygen atoms in total. The van der Waals surface area contributed by atoms with E-state index in [1.54, 1.807) is 0 Å². The Morgan fingerprint density at radius 3 is 2.64 bits per heavy atom. The summed E-state index contributed by atoms with van der Waals surface area (Å²) in [5.41, 5.74) is 11.4. The average Bonchev–Trinajstić information content (AvgIpc) is 3.65. The molecule has 5 heterocycles. The van der Waals surface area contributed by atoms with Gasteiger partial charge in [0, 0.05) is 38.3 Å². The van der Waals surface area contributed by atoms with Crippen LogP contribution >= 0.6 is 0 Å². The summed E-state index contributed by atoms with van der Waals surface area (Å²) in [5.74, 6) is -0.734. The number of rotatable bonds is 5. The van der Waals surface area contributed by atoms with Gasteiger partial charge in [-0.15, -0.1) is 0 Å². The molecule has 0 saturated carbocycles. The molecule has 5 aliphatic heterocycles. The molecule has 42 heavy (non-hydrogen) atoms. The van der Waals surface area contributed by atoms with E-state index in [4.69, 9.17) is 0 Å². The van der Waals surface area contributed by atoms with E-state index in [0.717, 1.165) is 60.5 Å². The molecule has 0 bridgehead atoms. The SMILES string of the molecule is CCc1cc(O)c(F)cc1-c1ccc2c(c1)NNC2C1NC2CCN(C(=O)C3CNC(N4CCCCC4)CN3)CC2N1. The number of halogens is 1. The maximum Gasteiger partial charge on any atom is 0.241 e. The molecule has 0 aromatic heterocycles. The molecule has 1 amide bonds. The monoisotopic (exact) mass is 578 g/mol. The third-order valence-electron chi connectivity index (χ3n) is 9.91. The van der Waals surface area contributed by atoms with E-state index in [1.807, 2.05) is 24.0 Å². The first-order valence-electron chi connectivity index (χ1n) is 15.7. The molecular formula is C31H43FN8O2. The molecule has 11 heteroatoms. The molecule has 6 atom stereocenters. The number of hydrazine groups is 1. The van der Waals surface area contributed by atoms with Crippen LogP contribution in [0.1, 0.15) is 49.8 Å². The Bertz CT molecular complexity index is 1310. The van der Waals surface area contributed by atoms with Crippen molar-refractivity contribution in [3.05, 3.63) is 47.3 Å². The van der Waals surface area contributed by atoms with Crippen LogP contribution in [0.5, 0.6) is 5.75 Å². The highest BCUT2D eigenvalue weighted by molar-refractivity contribution is 5.82. The zero-order chi connectivity index (χ0) is 28.8. The van der Waals surface area contributed by atoms with Crippen LogP contribution < -0.4 is 32.1 Å². The molecule has 4 saturated heterocycles. The first kappa shape index (κ1) is 28.0. The second-order valence-corrected chi connectivity index (χ2v) is 12.4. The van der Waals surface area contributed by atoms with Crippen molar-refractivity contribution < 1.29 is 14.3 Å². The van der Waals surface area contributed by atoms with Crippen LogP contribution in [0.15, 0.2) is 30.3 Å². The van der Waals surface area contributed by atoms with E-state index in [1.165, 1.54) is 31.4 Å². The molecule has 5 aliphatic rings. The number of phenolic OH excluding ortho intramolecular Hbond substituents is 1. The van der Waals surface area contributed by atoms with Crippen molar-refractivity contribution in [2.24, 2.45) is 0 Å². The lowest BCUT2D eigenvalue weighted by Gasteiger charge is -2.42. The number of fused-ring (bicyclic) bond motifs is 2. The van der Waals surface area contributed by atoms with Gasteiger partial charge in [-0.25, -0.2) is 9.82 Å². The smallest absolute Gasteiger partial charge is 0.241 e. The van der Waals surface area contributed by atoms with Crippen LogP contribution in [-0.2, 0) is 11.2 Å². The van der Waals surface area contributed by atoms with E-state index < -0.39 is 5.82 Å². The number of hydrogen-bond donors (Lipinski definition) is 7. The number of nitrogens with zero attached hydrogens (tertiary/aromatic N) is 2. The lowest BCUT2D eigenvalue weighted by atomic mass is 9.94. The van der Waals surface area contributed by atoms with Gasteiger partial charge in [0.25, 0.3) is 0 Å². The van der Waals surface area contributed by atoms with Gasteiger partial charge in [0.15, 0.2) is 11.6 Å². The van der Waals surface area contributed by atoms with Gasteiger partial charge in [-0.05, 0) is 79.2 Å². The van der Waals surface area contributed by atoms with Crippen molar-refractivity contribution in [3.8, 4) is 16.9 Å². The van der Waals surface area contributed by atoms with E-state index in [0.29, 0.717) is 31.7 Å². The molecule has 4 fully saturated rings. The molecule has 0 aliphatic carbocycles. The molecule has 2 aromatic carbocycles. The number of phenols is 1. The Balaban J connectivity index is 0.971. The standard InChI is InChI=1S/C31H43FN8O2/c1-2-18-13-27(41)22(32)14-21(18)19-6-7-20-24(12-19)37-38-29(20)30-35-23-8-11-40(17-26(23)36-30)31(42)25-15-34-28(16-33-25)39-9-4-3-5-10-39/h6-7,12-14,23,25-26,28-30,33-38,41H,2-5,8-11,15-17H2,1H3. The maximum absolute atomic E-state index is 14.2. The second kappa shape index (κ2) is 11.7. The summed E-state index contributed by atoms with van der Waals surface area (Å²) < 4.78 is 14.2. The lowest BCUT2D eigenvalue weighted by molar-refractivity contribution is -0.135. The van der Waals surface area contributed by atoms with Gasteiger partial charge in [-0.1, -0.05) is 25.5 Å². The number of benzene rings is 2. The normalized spacial score (nSPS) is 31.4. The van der Waals surface area contributed by atoms with Gasteiger partial charge in [-0.2, -0.15) is 0 Å². The quantitative estimate of drug-likeness (QED) is 0.284. The van der Waals surface area contributed by atoms with Crippen molar-refractivity contribution in [2.45, 2.75) is 75.5 Å². The largest absolute Gasteiger partial charge is 0.505 e. The Hall–Kier alpha value is -2.80. The number of hydrogen-bond acceptors (Lipinski definition) is 9. The van der Waals surface area contributed by atoms with E-state index in [2.05, 4.69) is 43.1 Å². The highest BCUT2D eigenvalue weighted by Gasteiger charge is 2.44. The minimum Gasteiger partial charge on any atom is -0.505 e. The van der Waals surface area contributed by atoms with Crippen molar-refractivity contribution in [3.63, 3.8) is 0 Å². The predicted octanol–water partition coefficient (Wildman–Crippen LogP) is 1.59. The number of amides is 1. The van der Waals surface area contributed by atoms with Crippen LogP contribution in [0.3, 0.4) is 0 Å². The van der Waals surface area contributed by atoms with Crippen LogP contribution in [-0.4, -0.2) is 90.5 Å². The minimum atomic E-state index is -0.613. The summed E-state index contributed by atoms with van der Waals surface area (Å²) in [6, 6.07) is 9.39. The number of carbonyl (C=O) groups is 1. The molecule has 7 N–H and O–H groups in total. The van der Waals surface area contributed by atoms with Gasteiger partial charge >= 0.3 is 0 Å². The summed E-state index contributed by atoms with van der Waals surface area (Å²) in [6.07, 6.45) is 5.78. The third-order valence-corrected chi connectivity index (χ3v) is 9.91. The van der Waals surface area contributed by atoms with Crippen molar-refractivity contribution in [1.29, 1.82) is 0 Å². The predicted molar refractivity (Wildman–Crippen MR) is 160 cm³/mol. The summed E-state index contributed by atoms with van der Waals surface area (Å²) in [5, 5.41) is 24.5. The number of piperazine rings is 1. The molecule has 7 rings (SSSR count). The third kappa shape index (κ3) is 5.27. The molecular weight excluding hydrogens is 535 g/mol. The average molecular weight is 579 g/mol. The van der Waals surface area contributed by atoms with Gasteiger partial charge in [0.1, 0.15) is 0 Å². The molecule has 2 aromatic rings. The van der Waals surface area contributed by atoms with Crippen LogP contribution in [0.2, 0.25) is 0 Å². The number of aromatic hydroxyl groups is 1. The van der Waals surface area contributed by atoms with Gasteiger partial charge in [0.2, 0.25) is 5.91 Å². The van der Waals surface area contributed by atoms with E-state index in [-0.39, 0.29) is 35.9 Å². The summed E-state index contributed by atoms with van der Waals surface area (Å²) in [7, 11) is 0. The summed E-state index contributed by atoms with van der Waals surface area (Å²) >= 11 is 0.